The van der Waals surface area contributed by atoms with Crippen LogP contribution in [0.5, 0.6) is 5.75 Å². The fourth-order valence-electron chi connectivity index (χ4n) is 1.58. The molecule has 1 aromatic carbocycles. The minimum Gasteiger partial charge on any atom is -0.493 e. The van der Waals surface area contributed by atoms with Crippen molar-refractivity contribution in [3.05, 3.63) is 28.8 Å². The Kier molecular flexibility index (Phi) is 6.78. The van der Waals surface area contributed by atoms with Crippen LogP contribution in [0.25, 0.3) is 0 Å². The Hall–Kier alpha value is -0.380. The van der Waals surface area contributed by atoms with Gasteiger partial charge < -0.3 is 10.5 Å². The Bertz CT molecular complexity index is 344. The average molecular weight is 274 g/mol. The van der Waals surface area contributed by atoms with Crippen LogP contribution in [0.15, 0.2) is 18.2 Å². The Morgan fingerprint density at radius 3 is 2.88 bits per heavy atom. The second-order valence-electron chi connectivity index (χ2n) is 4.09. The van der Waals surface area contributed by atoms with Crippen molar-refractivity contribution < 1.29 is 4.74 Å². The Balaban J connectivity index is 2.66. The first kappa shape index (κ1) is 14.7. The summed E-state index contributed by atoms with van der Waals surface area (Å²) in [5.74, 6) is 1.99. The molecule has 0 aliphatic carbocycles. The zero-order valence-electron chi connectivity index (χ0n) is 10.4. The molecule has 0 aliphatic rings. The van der Waals surface area contributed by atoms with Crippen molar-refractivity contribution in [2.45, 2.75) is 25.8 Å². The summed E-state index contributed by atoms with van der Waals surface area (Å²) in [5.41, 5.74) is 6.84. The van der Waals surface area contributed by atoms with Crippen molar-refractivity contribution in [3.63, 3.8) is 0 Å². The number of thioether (sulfide) groups is 1. The predicted molar refractivity (Wildman–Crippen MR) is 77.3 cm³/mol. The highest BCUT2D eigenvalue weighted by Gasteiger charge is 2.10. The van der Waals surface area contributed by atoms with Gasteiger partial charge in [0.25, 0.3) is 0 Å². The molecule has 0 bridgehead atoms. The lowest BCUT2D eigenvalue weighted by atomic mass is 10.1. The van der Waals surface area contributed by atoms with Crippen LogP contribution in [0.2, 0.25) is 5.02 Å². The quantitative estimate of drug-likeness (QED) is 0.774. The number of rotatable bonds is 7. The number of halogens is 1. The van der Waals surface area contributed by atoms with E-state index in [9.17, 15) is 0 Å². The second kappa shape index (κ2) is 7.85. The van der Waals surface area contributed by atoms with Gasteiger partial charge in [0, 0.05) is 16.6 Å². The number of hydrogen-bond acceptors (Lipinski definition) is 3. The molecule has 1 unspecified atom stereocenters. The summed E-state index contributed by atoms with van der Waals surface area (Å²) in [5, 5.41) is 0.740. The minimum absolute atomic E-state index is 0.0865. The fraction of sp³-hybridized carbons (Fsp3) is 0.538. The molecule has 0 radical (unpaired) electrons. The SMILES string of the molecule is CSCCCOc1cccc(Cl)c1CC(C)N. The van der Waals surface area contributed by atoms with Gasteiger partial charge in [-0.1, -0.05) is 17.7 Å². The summed E-state index contributed by atoms with van der Waals surface area (Å²) in [6.07, 6.45) is 3.89. The first-order valence-electron chi connectivity index (χ1n) is 5.80. The predicted octanol–water partition coefficient (Wildman–Crippen LogP) is 3.36. The van der Waals surface area contributed by atoms with E-state index in [1.165, 1.54) is 0 Å². The van der Waals surface area contributed by atoms with Crippen LogP contribution in [-0.2, 0) is 6.42 Å². The van der Waals surface area contributed by atoms with Crippen LogP contribution in [0.4, 0.5) is 0 Å². The van der Waals surface area contributed by atoms with E-state index in [0.717, 1.165) is 41.5 Å². The lowest BCUT2D eigenvalue weighted by Gasteiger charge is -2.14. The molecule has 1 rings (SSSR count). The van der Waals surface area contributed by atoms with Gasteiger partial charge in [-0.3, -0.25) is 0 Å². The maximum Gasteiger partial charge on any atom is 0.124 e. The summed E-state index contributed by atoms with van der Waals surface area (Å²) in [7, 11) is 0. The number of benzene rings is 1. The number of ether oxygens (including phenoxy) is 1. The molecule has 0 heterocycles. The highest BCUT2D eigenvalue weighted by molar-refractivity contribution is 7.98. The van der Waals surface area contributed by atoms with Crippen molar-refractivity contribution in [1.29, 1.82) is 0 Å². The van der Waals surface area contributed by atoms with E-state index in [1.807, 2.05) is 36.9 Å². The number of nitrogens with two attached hydrogens (primary N) is 1. The smallest absolute Gasteiger partial charge is 0.124 e. The molecule has 0 amide bonds. The van der Waals surface area contributed by atoms with E-state index in [-0.39, 0.29) is 6.04 Å². The molecule has 1 atom stereocenters. The molecule has 17 heavy (non-hydrogen) atoms. The van der Waals surface area contributed by atoms with Gasteiger partial charge in [0.15, 0.2) is 0 Å². The van der Waals surface area contributed by atoms with Gasteiger partial charge in [0.2, 0.25) is 0 Å². The molecule has 2 nitrogen and oxygen atoms in total. The first-order valence-corrected chi connectivity index (χ1v) is 7.57. The summed E-state index contributed by atoms with van der Waals surface area (Å²) in [6.45, 7) is 2.70. The lowest BCUT2D eigenvalue weighted by molar-refractivity contribution is 0.315. The lowest BCUT2D eigenvalue weighted by Crippen LogP contribution is -2.18. The molecule has 0 saturated heterocycles. The zero-order chi connectivity index (χ0) is 12.7. The topological polar surface area (TPSA) is 35.2 Å². The Morgan fingerprint density at radius 2 is 2.24 bits per heavy atom. The zero-order valence-corrected chi connectivity index (χ0v) is 12.0. The average Bonchev–Trinajstić information content (AvgIpc) is 2.28. The molecule has 0 spiro atoms. The first-order chi connectivity index (χ1) is 8.15. The Labute approximate surface area is 113 Å². The fourth-order valence-corrected chi connectivity index (χ4v) is 2.23. The molecule has 0 aliphatic heterocycles. The third kappa shape index (κ3) is 5.19. The number of hydrogen-bond donors (Lipinski definition) is 1. The van der Waals surface area contributed by atoms with E-state index < -0.39 is 0 Å². The van der Waals surface area contributed by atoms with Gasteiger partial charge >= 0.3 is 0 Å². The van der Waals surface area contributed by atoms with Gasteiger partial charge in [-0.2, -0.15) is 11.8 Å². The van der Waals surface area contributed by atoms with Crippen LogP contribution >= 0.6 is 23.4 Å². The third-order valence-corrected chi connectivity index (χ3v) is 3.40. The van der Waals surface area contributed by atoms with Crippen LogP contribution in [-0.4, -0.2) is 24.7 Å². The van der Waals surface area contributed by atoms with Crippen molar-refractivity contribution in [2.75, 3.05) is 18.6 Å². The Morgan fingerprint density at radius 1 is 1.47 bits per heavy atom. The van der Waals surface area contributed by atoms with Crippen molar-refractivity contribution in [2.24, 2.45) is 5.73 Å². The molecule has 0 saturated carbocycles. The van der Waals surface area contributed by atoms with Gasteiger partial charge in [-0.25, -0.2) is 0 Å². The van der Waals surface area contributed by atoms with Crippen molar-refractivity contribution in [3.8, 4) is 5.75 Å². The van der Waals surface area contributed by atoms with Gasteiger partial charge in [0.1, 0.15) is 5.75 Å². The van der Waals surface area contributed by atoms with E-state index in [0.29, 0.717) is 0 Å². The summed E-state index contributed by atoms with van der Waals surface area (Å²) < 4.78 is 5.77. The molecular weight excluding hydrogens is 254 g/mol. The normalized spacial score (nSPS) is 12.5. The highest BCUT2D eigenvalue weighted by atomic mass is 35.5. The van der Waals surface area contributed by atoms with Crippen LogP contribution in [0, 0.1) is 0 Å². The van der Waals surface area contributed by atoms with E-state index in [2.05, 4.69) is 6.26 Å². The second-order valence-corrected chi connectivity index (χ2v) is 5.49. The monoisotopic (exact) mass is 273 g/mol. The molecule has 1 aromatic rings. The highest BCUT2D eigenvalue weighted by Crippen LogP contribution is 2.27. The molecule has 0 aromatic heterocycles. The van der Waals surface area contributed by atoms with Crippen LogP contribution < -0.4 is 10.5 Å². The molecule has 4 heteroatoms. The van der Waals surface area contributed by atoms with Crippen LogP contribution in [0.3, 0.4) is 0 Å². The summed E-state index contributed by atoms with van der Waals surface area (Å²) in [6, 6.07) is 5.84. The standard InChI is InChI=1S/C13H20ClNOS/c1-10(15)9-11-12(14)5-3-6-13(11)16-7-4-8-17-2/h3,5-6,10H,4,7-9,15H2,1-2H3. The maximum atomic E-state index is 6.17. The molecule has 96 valence electrons. The van der Waals surface area contributed by atoms with E-state index in [1.54, 1.807) is 0 Å². The van der Waals surface area contributed by atoms with Gasteiger partial charge in [-0.05, 0) is 43.9 Å². The minimum atomic E-state index is 0.0865. The van der Waals surface area contributed by atoms with E-state index in [4.69, 9.17) is 22.1 Å². The maximum absolute atomic E-state index is 6.17. The van der Waals surface area contributed by atoms with Crippen molar-refractivity contribution in [1.82, 2.24) is 0 Å². The molecule has 2 N–H and O–H groups in total. The van der Waals surface area contributed by atoms with Crippen molar-refractivity contribution >= 4 is 23.4 Å². The van der Waals surface area contributed by atoms with Gasteiger partial charge in [-0.15, -0.1) is 0 Å². The van der Waals surface area contributed by atoms with E-state index >= 15 is 0 Å². The molecule has 0 fully saturated rings. The molecular formula is C13H20ClNOS. The third-order valence-electron chi connectivity index (χ3n) is 2.35. The summed E-state index contributed by atoms with van der Waals surface area (Å²) in [4.78, 5) is 0. The summed E-state index contributed by atoms with van der Waals surface area (Å²) >= 11 is 8.00. The largest absolute Gasteiger partial charge is 0.493 e. The van der Waals surface area contributed by atoms with Crippen LogP contribution in [0.1, 0.15) is 18.9 Å². The van der Waals surface area contributed by atoms with Gasteiger partial charge in [0.05, 0.1) is 6.61 Å².